The number of carbonyl (C=O) groups is 2. The van der Waals surface area contributed by atoms with Gasteiger partial charge in [0.25, 0.3) is 5.91 Å². The quantitative estimate of drug-likeness (QED) is 0.572. The Morgan fingerprint density at radius 1 is 1.29 bits per heavy atom. The number of hydrogen-bond donors (Lipinski definition) is 3. The van der Waals surface area contributed by atoms with E-state index in [-0.39, 0.29) is 23.3 Å². The molecule has 2 amide bonds. The topological polar surface area (TPSA) is 124 Å². The maximum Gasteiger partial charge on any atom is 0.271 e. The van der Waals surface area contributed by atoms with Crippen LogP contribution in [0.1, 0.15) is 29.8 Å². The minimum Gasteiger partial charge on any atom is -0.382 e. The van der Waals surface area contributed by atoms with Crippen LogP contribution in [0.2, 0.25) is 0 Å². The normalized spacial score (nSPS) is 9.88. The third-order valence-electron chi connectivity index (χ3n) is 2.02. The summed E-state index contributed by atoms with van der Waals surface area (Å²) in [5, 5.41) is 2.65. The van der Waals surface area contributed by atoms with Crippen LogP contribution in [0, 0.1) is 0 Å². The second-order valence-corrected chi connectivity index (χ2v) is 3.51. The number of unbranched alkanes of at least 4 members (excludes halogenated alkanes) is 1. The summed E-state index contributed by atoms with van der Waals surface area (Å²) in [6, 6.07) is 0. The molecule has 0 aliphatic heterocycles. The molecule has 0 aliphatic rings. The van der Waals surface area contributed by atoms with Crippen molar-refractivity contribution in [1.82, 2.24) is 15.3 Å². The van der Waals surface area contributed by atoms with Gasteiger partial charge in [-0.05, 0) is 12.8 Å². The molecule has 1 aromatic rings. The summed E-state index contributed by atoms with van der Waals surface area (Å²) in [6.45, 7) is 0.461. The molecule has 0 radical (unpaired) electrons. The summed E-state index contributed by atoms with van der Waals surface area (Å²) < 4.78 is 0. The number of hydrogen-bond acceptors (Lipinski definition) is 5. The molecule has 0 aliphatic carbocycles. The summed E-state index contributed by atoms with van der Waals surface area (Å²) in [4.78, 5) is 29.6. The number of nitrogens with zero attached hydrogens (tertiary/aromatic N) is 2. The van der Waals surface area contributed by atoms with E-state index in [9.17, 15) is 9.59 Å². The summed E-state index contributed by atoms with van der Waals surface area (Å²) in [5.41, 5.74) is 10.6. The zero-order chi connectivity index (χ0) is 12.7. The van der Waals surface area contributed by atoms with E-state index in [1.165, 1.54) is 12.4 Å². The van der Waals surface area contributed by atoms with Gasteiger partial charge in [0.2, 0.25) is 5.91 Å². The first-order valence-electron chi connectivity index (χ1n) is 5.23. The molecular formula is C10H15N5O2. The fraction of sp³-hybridized carbons (Fsp3) is 0.400. The van der Waals surface area contributed by atoms with Crippen LogP contribution < -0.4 is 16.8 Å². The number of primary amides is 1. The first kappa shape index (κ1) is 12.9. The molecule has 7 nitrogen and oxygen atoms in total. The minimum absolute atomic E-state index is 0.180. The first-order valence-corrected chi connectivity index (χ1v) is 5.23. The number of nitrogen functional groups attached to an aromatic ring is 1. The van der Waals surface area contributed by atoms with Crippen molar-refractivity contribution in [3.8, 4) is 0 Å². The largest absolute Gasteiger partial charge is 0.382 e. The van der Waals surface area contributed by atoms with Gasteiger partial charge in [0.1, 0.15) is 11.5 Å². The molecule has 0 fully saturated rings. The van der Waals surface area contributed by atoms with E-state index in [1.54, 1.807) is 0 Å². The van der Waals surface area contributed by atoms with Gasteiger partial charge in [0.05, 0.1) is 12.4 Å². The average Bonchev–Trinajstić information content (AvgIpc) is 2.28. The number of rotatable bonds is 6. The lowest BCUT2D eigenvalue weighted by Gasteiger charge is -2.04. The zero-order valence-corrected chi connectivity index (χ0v) is 9.35. The van der Waals surface area contributed by atoms with Crippen LogP contribution in [0.15, 0.2) is 12.4 Å². The van der Waals surface area contributed by atoms with E-state index < -0.39 is 0 Å². The summed E-state index contributed by atoms with van der Waals surface area (Å²) in [5.74, 6) is -0.465. The average molecular weight is 237 g/mol. The molecule has 1 rings (SSSR count). The van der Waals surface area contributed by atoms with Gasteiger partial charge in [-0.25, -0.2) is 4.98 Å². The van der Waals surface area contributed by atoms with E-state index in [4.69, 9.17) is 11.5 Å². The van der Waals surface area contributed by atoms with Gasteiger partial charge in [-0.2, -0.15) is 0 Å². The van der Waals surface area contributed by atoms with Crippen molar-refractivity contribution in [2.24, 2.45) is 5.73 Å². The van der Waals surface area contributed by atoms with Crippen LogP contribution in [-0.2, 0) is 4.79 Å². The minimum atomic E-state index is -0.335. The summed E-state index contributed by atoms with van der Waals surface area (Å²) in [6.07, 6.45) is 4.37. The van der Waals surface area contributed by atoms with Crippen LogP contribution in [0.25, 0.3) is 0 Å². The maximum atomic E-state index is 11.5. The Labute approximate surface area is 98.6 Å². The highest BCUT2D eigenvalue weighted by molar-refractivity contribution is 5.92. The highest BCUT2D eigenvalue weighted by Crippen LogP contribution is 1.98. The van der Waals surface area contributed by atoms with Crippen LogP contribution in [0.4, 0.5) is 5.82 Å². The van der Waals surface area contributed by atoms with Gasteiger partial charge < -0.3 is 16.8 Å². The molecule has 17 heavy (non-hydrogen) atoms. The molecule has 0 unspecified atom stereocenters. The molecule has 0 aromatic carbocycles. The Morgan fingerprint density at radius 3 is 2.71 bits per heavy atom. The van der Waals surface area contributed by atoms with Crippen molar-refractivity contribution in [2.75, 3.05) is 12.3 Å². The van der Waals surface area contributed by atoms with E-state index in [1.807, 2.05) is 0 Å². The van der Waals surface area contributed by atoms with E-state index in [2.05, 4.69) is 15.3 Å². The second kappa shape index (κ2) is 6.41. The van der Waals surface area contributed by atoms with E-state index in [0.717, 1.165) is 0 Å². The number of carbonyl (C=O) groups excluding carboxylic acids is 2. The van der Waals surface area contributed by atoms with Gasteiger partial charge >= 0.3 is 0 Å². The smallest absolute Gasteiger partial charge is 0.271 e. The number of aromatic nitrogens is 2. The number of anilines is 1. The molecule has 92 valence electrons. The lowest BCUT2D eigenvalue weighted by atomic mass is 10.2. The third kappa shape index (κ3) is 4.92. The summed E-state index contributed by atoms with van der Waals surface area (Å²) >= 11 is 0. The molecule has 0 saturated carbocycles. The Kier molecular flexibility index (Phi) is 4.86. The van der Waals surface area contributed by atoms with E-state index >= 15 is 0 Å². The molecule has 1 heterocycles. The number of amides is 2. The van der Waals surface area contributed by atoms with Gasteiger partial charge in [0.15, 0.2) is 0 Å². The molecule has 0 spiro atoms. The maximum absolute atomic E-state index is 11.5. The highest BCUT2D eigenvalue weighted by Gasteiger charge is 2.06. The first-order chi connectivity index (χ1) is 8.09. The van der Waals surface area contributed by atoms with Gasteiger partial charge in [-0.1, -0.05) is 0 Å². The van der Waals surface area contributed by atoms with Crippen molar-refractivity contribution >= 4 is 17.6 Å². The van der Waals surface area contributed by atoms with Gasteiger partial charge in [0, 0.05) is 13.0 Å². The molecule has 7 heteroatoms. The van der Waals surface area contributed by atoms with Crippen LogP contribution >= 0.6 is 0 Å². The second-order valence-electron chi connectivity index (χ2n) is 3.51. The summed E-state index contributed by atoms with van der Waals surface area (Å²) in [7, 11) is 0. The predicted octanol–water partition coefficient (Wildman–Crippen LogP) is -0.556. The molecule has 0 atom stereocenters. The Morgan fingerprint density at radius 2 is 2.06 bits per heavy atom. The SMILES string of the molecule is NC(=O)CCCCNC(=O)c1cncc(N)n1. The number of nitrogens with one attached hydrogen (secondary N) is 1. The monoisotopic (exact) mass is 237 g/mol. The van der Waals surface area contributed by atoms with Crippen molar-refractivity contribution in [3.63, 3.8) is 0 Å². The predicted molar refractivity (Wildman–Crippen MR) is 61.8 cm³/mol. The van der Waals surface area contributed by atoms with Crippen LogP contribution in [0.3, 0.4) is 0 Å². The standard InChI is InChI=1S/C10H15N5O2/c11-8-6-13-5-7(15-8)10(17)14-4-2-1-3-9(12)16/h5-6H,1-4H2,(H2,11,15)(H2,12,16)(H,14,17). The van der Waals surface area contributed by atoms with Crippen molar-refractivity contribution in [3.05, 3.63) is 18.1 Å². The highest BCUT2D eigenvalue weighted by atomic mass is 16.2. The van der Waals surface area contributed by atoms with Gasteiger partial charge in [-0.15, -0.1) is 0 Å². The van der Waals surface area contributed by atoms with Crippen LogP contribution in [-0.4, -0.2) is 28.3 Å². The third-order valence-corrected chi connectivity index (χ3v) is 2.02. The molecule has 0 bridgehead atoms. The zero-order valence-electron chi connectivity index (χ0n) is 9.35. The van der Waals surface area contributed by atoms with Gasteiger partial charge in [-0.3, -0.25) is 14.6 Å². The Hall–Kier alpha value is -2.18. The Bertz CT molecular complexity index is 407. The van der Waals surface area contributed by atoms with Crippen molar-refractivity contribution in [2.45, 2.75) is 19.3 Å². The van der Waals surface area contributed by atoms with Crippen LogP contribution in [0.5, 0.6) is 0 Å². The fourth-order valence-electron chi connectivity index (χ4n) is 1.21. The molecular weight excluding hydrogens is 222 g/mol. The van der Waals surface area contributed by atoms with Crippen molar-refractivity contribution in [1.29, 1.82) is 0 Å². The number of nitrogens with two attached hydrogens (primary N) is 2. The fourth-order valence-corrected chi connectivity index (χ4v) is 1.21. The molecule has 5 N–H and O–H groups in total. The molecule has 1 aromatic heterocycles. The van der Waals surface area contributed by atoms with E-state index in [0.29, 0.717) is 25.8 Å². The lowest BCUT2D eigenvalue weighted by Crippen LogP contribution is -2.26. The molecule has 0 saturated heterocycles. The van der Waals surface area contributed by atoms with Crippen molar-refractivity contribution < 1.29 is 9.59 Å². The Balaban J connectivity index is 2.28. The lowest BCUT2D eigenvalue weighted by molar-refractivity contribution is -0.118.